The zero-order chi connectivity index (χ0) is 18.3. The second-order valence-electron chi connectivity index (χ2n) is 6.35. The molecule has 0 aliphatic heterocycles. The maximum atomic E-state index is 12.5. The number of hydrogen-bond acceptors (Lipinski definition) is 2. The molecule has 2 unspecified atom stereocenters. The van der Waals surface area contributed by atoms with Crippen LogP contribution in [-0.4, -0.2) is 36.8 Å². The minimum absolute atomic E-state index is 0.213. The lowest BCUT2D eigenvalue weighted by Gasteiger charge is -2.15. The number of halogens is 3. The Morgan fingerprint density at radius 3 is 2.48 bits per heavy atom. The molecule has 1 aromatic rings. The van der Waals surface area contributed by atoms with Gasteiger partial charge >= 0.3 is 6.18 Å². The second-order valence-corrected chi connectivity index (χ2v) is 6.35. The van der Waals surface area contributed by atoms with E-state index in [2.05, 4.69) is 15.6 Å². The monoisotopic (exact) mass is 357 g/mol. The quantitative estimate of drug-likeness (QED) is 0.542. The molecule has 0 bridgehead atoms. The van der Waals surface area contributed by atoms with Crippen LogP contribution in [0.4, 0.5) is 13.2 Å². The fraction of sp³-hybridized carbons (Fsp3) is 0.611. The van der Waals surface area contributed by atoms with Crippen molar-refractivity contribution in [3.63, 3.8) is 0 Å². The Hall–Kier alpha value is -1.76. The van der Waals surface area contributed by atoms with Gasteiger partial charge in [0.25, 0.3) is 0 Å². The van der Waals surface area contributed by atoms with Crippen LogP contribution in [-0.2, 0) is 12.6 Å². The summed E-state index contributed by atoms with van der Waals surface area (Å²) in [5.74, 6) is 0.888. The van der Waals surface area contributed by atoms with E-state index >= 15 is 0 Å². The number of hydrogen-bond donors (Lipinski definition) is 3. The highest BCUT2D eigenvalue weighted by atomic mass is 19.4. The van der Waals surface area contributed by atoms with Gasteiger partial charge in [-0.25, -0.2) is 0 Å². The number of nitrogens with one attached hydrogen (secondary N) is 2. The minimum Gasteiger partial charge on any atom is -0.393 e. The Morgan fingerprint density at radius 2 is 1.92 bits per heavy atom. The van der Waals surface area contributed by atoms with Gasteiger partial charge in [-0.1, -0.05) is 18.6 Å². The number of benzene rings is 1. The molecule has 3 N–H and O–H groups in total. The third-order valence-corrected chi connectivity index (χ3v) is 4.43. The van der Waals surface area contributed by atoms with E-state index in [0.717, 1.165) is 43.5 Å². The molecule has 140 valence electrons. The molecule has 1 fully saturated rings. The molecule has 0 radical (unpaired) electrons. The van der Waals surface area contributed by atoms with E-state index in [4.69, 9.17) is 0 Å². The third-order valence-electron chi connectivity index (χ3n) is 4.43. The van der Waals surface area contributed by atoms with Crippen molar-refractivity contribution in [3.8, 4) is 0 Å². The maximum Gasteiger partial charge on any atom is 0.416 e. The van der Waals surface area contributed by atoms with Crippen molar-refractivity contribution < 1.29 is 18.3 Å². The summed E-state index contributed by atoms with van der Waals surface area (Å²) in [7, 11) is 0. The fourth-order valence-electron chi connectivity index (χ4n) is 2.97. The van der Waals surface area contributed by atoms with E-state index in [9.17, 15) is 18.3 Å². The number of aliphatic hydroxyl groups excluding tert-OH is 1. The van der Waals surface area contributed by atoms with Crippen molar-refractivity contribution in [1.29, 1.82) is 0 Å². The molecule has 0 saturated heterocycles. The predicted octanol–water partition coefficient (Wildman–Crippen LogP) is 2.96. The van der Waals surface area contributed by atoms with Crippen LogP contribution in [0, 0.1) is 5.92 Å². The number of nitrogens with zero attached hydrogens (tertiary/aromatic N) is 1. The van der Waals surface area contributed by atoms with Crippen molar-refractivity contribution in [2.24, 2.45) is 10.9 Å². The van der Waals surface area contributed by atoms with Gasteiger partial charge in [-0.2, -0.15) is 13.2 Å². The van der Waals surface area contributed by atoms with E-state index in [-0.39, 0.29) is 12.0 Å². The van der Waals surface area contributed by atoms with E-state index in [1.807, 2.05) is 6.92 Å². The van der Waals surface area contributed by atoms with Gasteiger partial charge in [0.2, 0.25) is 0 Å². The number of guanidine groups is 1. The Bertz CT molecular complexity index is 558. The molecule has 1 aliphatic carbocycles. The standard InChI is InChI=1S/C18H26F3N3O/c1-2-22-17(24-12-14-4-3-5-16(14)25)23-11-10-13-6-8-15(9-7-13)18(19,20)21/h6-9,14,16,25H,2-5,10-12H2,1H3,(H2,22,23,24). The van der Waals surface area contributed by atoms with Crippen LogP contribution in [0.5, 0.6) is 0 Å². The summed E-state index contributed by atoms with van der Waals surface area (Å²) in [6.07, 6.45) is -1.08. The van der Waals surface area contributed by atoms with Crippen LogP contribution in [0.25, 0.3) is 0 Å². The molecule has 0 heterocycles. The Kier molecular flexibility index (Phi) is 7.11. The maximum absolute atomic E-state index is 12.5. The molecule has 1 aromatic carbocycles. The molecule has 4 nitrogen and oxygen atoms in total. The van der Waals surface area contributed by atoms with Gasteiger partial charge in [0.1, 0.15) is 0 Å². The Balaban J connectivity index is 1.82. The summed E-state index contributed by atoms with van der Waals surface area (Å²) in [6, 6.07) is 5.22. The lowest BCUT2D eigenvalue weighted by molar-refractivity contribution is -0.137. The zero-order valence-electron chi connectivity index (χ0n) is 14.4. The molecular formula is C18H26F3N3O. The Morgan fingerprint density at radius 1 is 1.20 bits per heavy atom. The van der Waals surface area contributed by atoms with Gasteiger partial charge in [0, 0.05) is 25.6 Å². The second kappa shape index (κ2) is 9.08. The van der Waals surface area contributed by atoms with Gasteiger partial charge in [-0.05, 0) is 43.9 Å². The van der Waals surface area contributed by atoms with E-state index in [1.54, 1.807) is 0 Å². The first-order chi connectivity index (χ1) is 11.9. The summed E-state index contributed by atoms with van der Waals surface area (Å²) >= 11 is 0. The van der Waals surface area contributed by atoms with Crippen LogP contribution in [0.1, 0.15) is 37.3 Å². The summed E-state index contributed by atoms with van der Waals surface area (Å²) in [5.41, 5.74) is 0.205. The molecule has 0 spiro atoms. The highest BCUT2D eigenvalue weighted by Crippen LogP contribution is 2.29. The average molecular weight is 357 g/mol. The first kappa shape index (κ1) is 19.6. The fourth-order valence-corrected chi connectivity index (χ4v) is 2.97. The van der Waals surface area contributed by atoms with Gasteiger partial charge in [0.15, 0.2) is 5.96 Å². The van der Waals surface area contributed by atoms with Gasteiger partial charge in [0.05, 0.1) is 11.7 Å². The lowest BCUT2D eigenvalue weighted by atomic mass is 10.1. The lowest BCUT2D eigenvalue weighted by Crippen LogP contribution is -2.39. The van der Waals surface area contributed by atoms with Gasteiger partial charge in [-0.15, -0.1) is 0 Å². The Labute approximate surface area is 146 Å². The van der Waals surface area contributed by atoms with Crippen LogP contribution in [0.15, 0.2) is 29.3 Å². The minimum atomic E-state index is -4.30. The molecule has 0 amide bonds. The summed E-state index contributed by atoms with van der Waals surface area (Å²) in [5, 5.41) is 16.2. The van der Waals surface area contributed by atoms with Gasteiger partial charge in [-0.3, -0.25) is 4.99 Å². The van der Waals surface area contributed by atoms with Crippen LogP contribution < -0.4 is 10.6 Å². The number of alkyl halides is 3. The number of aliphatic imine (C=N–C) groups is 1. The van der Waals surface area contributed by atoms with Crippen molar-refractivity contribution in [1.82, 2.24) is 10.6 Å². The average Bonchev–Trinajstić information content (AvgIpc) is 2.97. The van der Waals surface area contributed by atoms with E-state index < -0.39 is 11.7 Å². The SMILES string of the molecule is CCNC(=NCC1CCCC1O)NCCc1ccc(C(F)(F)F)cc1. The smallest absolute Gasteiger partial charge is 0.393 e. The van der Waals surface area contributed by atoms with Crippen LogP contribution in [0.2, 0.25) is 0 Å². The third kappa shape index (κ3) is 6.23. The number of aliphatic hydroxyl groups is 1. The normalized spacial score (nSPS) is 21.4. The van der Waals surface area contributed by atoms with Crippen molar-refractivity contribution in [2.45, 2.75) is 44.9 Å². The van der Waals surface area contributed by atoms with Crippen LogP contribution in [0.3, 0.4) is 0 Å². The molecule has 1 aliphatic rings. The highest BCUT2D eigenvalue weighted by Gasteiger charge is 2.29. The summed E-state index contributed by atoms with van der Waals surface area (Å²) in [4.78, 5) is 4.51. The first-order valence-electron chi connectivity index (χ1n) is 8.76. The van der Waals surface area contributed by atoms with Crippen molar-refractivity contribution in [3.05, 3.63) is 35.4 Å². The van der Waals surface area contributed by atoms with E-state index in [0.29, 0.717) is 25.5 Å². The molecular weight excluding hydrogens is 331 g/mol. The number of rotatable bonds is 6. The van der Waals surface area contributed by atoms with Crippen LogP contribution >= 0.6 is 0 Å². The first-order valence-corrected chi connectivity index (χ1v) is 8.76. The predicted molar refractivity (Wildman–Crippen MR) is 92.5 cm³/mol. The van der Waals surface area contributed by atoms with Gasteiger partial charge < -0.3 is 15.7 Å². The molecule has 25 heavy (non-hydrogen) atoms. The van der Waals surface area contributed by atoms with E-state index in [1.165, 1.54) is 12.1 Å². The molecule has 2 rings (SSSR count). The molecule has 7 heteroatoms. The molecule has 1 saturated carbocycles. The largest absolute Gasteiger partial charge is 0.416 e. The summed E-state index contributed by atoms with van der Waals surface area (Å²) in [6.45, 7) is 3.85. The van der Waals surface area contributed by atoms with Crippen molar-refractivity contribution >= 4 is 5.96 Å². The highest BCUT2D eigenvalue weighted by molar-refractivity contribution is 5.79. The molecule has 2 atom stereocenters. The summed E-state index contributed by atoms with van der Waals surface area (Å²) < 4.78 is 37.6. The van der Waals surface area contributed by atoms with Crippen molar-refractivity contribution in [2.75, 3.05) is 19.6 Å². The zero-order valence-corrected chi connectivity index (χ0v) is 14.4. The molecule has 0 aromatic heterocycles. The topological polar surface area (TPSA) is 56.7 Å².